The molecule has 0 aliphatic carbocycles. The summed E-state index contributed by atoms with van der Waals surface area (Å²) in [5.74, 6) is 0.317. The predicted octanol–water partition coefficient (Wildman–Crippen LogP) is 2.99. The number of carbonyl (C=O) groups is 1. The number of carbonyl (C=O) groups excluding carboxylic acids is 1. The number of imidazole rings is 1. The van der Waals surface area contributed by atoms with Crippen molar-refractivity contribution >= 4 is 34.0 Å². The zero-order chi connectivity index (χ0) is 19.0. The summed E-state index contributed by atoms with van der Waals surface area (Å²) in [6.07, 6.45) is 1.78. The molecule has 136 valence electrons. The van der Waals surface area contributed by atoms with E-state index in [9.17, 15) is 9.18 Å². The molecule has 1 amide bonds. The molecule has 2 heterocycles. The SMILES string of the molecule is CN(C)c1ccc(C(=O)NC2=NCC(c3nc4ccccc4[nH]3)=C2)cc1F. The third kappa shape index (κ3) is 3.31. The number of hydrogen-bond donors (Lipinski definition) is 2. The lowest BCUT2D eigenvalue weighted by Gasteiger charge is -2.14. The number of hydrogen-bond acceptors (Lipinski definition) is 4. The fourth-order valence-corrected chi connectivity index (χ4v) is 2.95. The minimum Gasteiger partial charge on any atom is -0.375 e. The van der Waals surface area contributed by atoms with Gasteiger partial charge < -0.3 is 15.2 Å². The molecule has 1 aliphatic rings. The number of para-hydroxylation sites is 2. The topological polar surface area (TPSA) is 73.4 Å². The third-order valence-corrected chi connectivity index (χ3v) is 4.36. The molecule has 0 fully saturated rings. The first-order valence-electron chi connectivity index (χ1n) is 8.49. The van der Waals surface area contributed by atoms with Crippen LogP contribution in [0.15, 0.2) is 53.5 Å². The van der Waals surface area contributed by atoms with Gasteiger partial charge in [0, 0.05) is 25.2 Å². The minimum absolute atomic E-state index is 0.242. The van der Waals surface area contributed by atoms with Crippen molar-refractivity contribution in [1.29, 1.82) is 0 Å². The first-order chi connectivity index (χ1) is 13.0. The molecule has 0 radical (unpaired) electrons. The fraction of sp³-hybridized carbons (Fsp3) is 0.150. The quantitative estimate of drug-likeness (QED) is 0.751. The molecule has 1 aliphatic heterocycles. The van der Waals surface area contributed by atoms with Gasteiger partial charge in [-0.15, -0.1) is 0 Å². The van der Waals surface area contributed by atoms with Crippen molar-refractivity contribution in [2.75, 3.05) is 25.5 Å². The molecule has 0 spiro atoms. The van der Waals surface area contributed by atoms with E-state index in [4.69, 9.17) is 0 Å². The van der Waals surface area contributed by atoms with Crippen LogP contribution in [0.4, 0.5) is 10.1 Å². The molecule has 2 N–H and O–H groups in total. The van der Waals surface area contributed by atoms with E-state index in [0.29, 0.717) is 18.1 Å². The number of aromatic nitrogens is 2. The van der Waals surface area contributed by atoms with Crippen molar-refractivity contribution in [1.82, 2.24) is 15.3 Å². The van der Waals surface area contributed by atoms with Crippen molar-refractivity contribution < 1.29 is 9.18 Å². The Labute approximate surface area is 155 Å². The minimum atomic E-state index is -0.445. The average molecular weight is 363 g/mol. The molecular formula is C20H18FN5O. The van der Waals surface area contributed by atoms with E-state index in [1.165, 1.54) is 6.07 Å². The van der Waals surface area contributed by atoms with Crippen LogP contribution in [-0.2, 0) is 0 Å². The highest BCUT2D eigenvalue weighted by atomic mass is 19.1. The van der Waals surface area contributed by atoms with Crippen LogP contribution in [0, 0.1) is 5.82 Å². The van der Waals surface area contributed by atoms with Gasteiger partial charge in [0.05, 0.1) is 23.3 Å². The molecular weight excluding hydrogens is 345 g/mol. The highest BCUT2D eigenvalue weighted by Crippen LogP contribution is 2.21. The van der Waals surface area contributed by atoms with Crippen LogP contribution >= 0.6 is 0 Å². The maximum Gasteiger partial charge on any atom is 0.256 e. The number of H-pyrrole nitrogens is 1. The lowest BCUT2D eigenvalue weighted by atomic mass is 10.1. The number of halogens is 1. The zero-order valence-electron chi connectivity index (χ0n) is 15.0. The zero-order valence-corrected chi connectivity index (χ0v) is 15.0. The number of fused-ring (bicyclic) bond motifs is 1. The molecule has 0 atom stereocenters. The molecule has 4 rings (SSSR count). The number of rotatable bonds is 3. The molecule has 0 bridgehead atoms. The van der Waals surface area contributed by atoms with Crippen molar-refractivity contribution in [3.8, 4) is 0 Å². The first-order valence-corrected chi connectivity index (χ1v) is 8.49. The lowest BCUT2D eigenvalue weighted by Crippen LogP contribution is -2.28. The Bertz CT molecular complexity index is 1060. The highest BCUT2D eigenvalue weighted by Gasteiger charge is 2.17. The number of nitrogens with one attached hydrogen (secondary N) is 2. The summed E-state index contributed by atoms with van der Waals surface area (Å²) in [6.45, 7) is 0.420. The lowest BCUT2D eigenvalue weighted by molar-refractivity contribution is 0.0977. The van der Waals surface area contributed by atoms with E-state index >= 15 is 0 Å². The van der Waals surface area contributed by atoms with E-state index in [2.05, 4.69) is 20.3 Å². The van der Waals surface area contributed by atoms with Crippen LogP contribution < -0.4 is 10.2 Å². The largest absolute Gasteiger partial charge is 0.375 e. The second kappa shape index (κ2) is 6.68. The van der Waals surface area contributed by atoms with Crippen molar-refractivity contribution in [2.45, 2.75) is 0 Å². The van der Waals surface area contributed by atoms with Crippen LogP contribution in [0.2, 0.25) is 0 Å². The van der Waals surface area contributed by atoms with Crippen molar-refractivity contribution in [3.05, 3.63) is 65.7 Å². The highest BCUT2D eigenvalue weighted by molar-refractivity contribution is 6.14. The molecule has 0 unspecified atom stereocenters. The standard InChI is InChI=1S/C20H18FN5O/c1-26(2)17-8-7-12(9-14(17)21)20(27)25-18-10-13(11-22-18)19-23-15-5-3-4-6-16(15)24-19/h3-10H,11H2,1-2H3,(H,23,24)(H,22,25,27). The van der Waals surface area contributed by atoms with Crippen LogP contribution in [-0.4, -0.2) is 42.4 Å². The van der Waals surface area contributed by atoms with E-state index in [-0.39, 0.29) is 5.56 Å². The molecule has 6 nitrogen and oxygen atoms in total. The van der Waals surface area contributed by atoms with E-state index in [0.717, 1.165) is 22.4 Å². The molecule has 27 heavy (non-hydrogen) atoms. The summed E-state index contributed by atoms with van der Waals surface area (Å²) in [7, 11) is 3.49. The number of benzene rings is 2. The molecule has 2 aromatic carbocycles. The van der Waals surface area contributed by atoms with Gasteiger partial charge in [0.1, 0.15) is 17.5 Å². The maximum absolute atomic E-state index is 14.1. The molecule has 7 heteroatoms. The monoisotopic (exact) mass is 363 g/mol. The molecule has 0 saturated carbocycles. The second-order valence-electron chi connectivity index (χ2n) is 6.49. The van der Waals surface area contributed by atoms with Gasteiger partial charge in [-0.2, -0.15) is 0 Å². The van der Waals surface area contributed by atoms with Gasteiger partial charge in [0.2, 0.25) is 0 Å². The predicted molar refractivity (Wildman–Crippen MR) is 105 cm³/mol. The maximum atomic E-state index is 14.1. The first kappa shape index (κ1) is 17.0. The summed E-state index contributed by atoms with van der Waals surface area (Å²) >= 11 is 0. The van der Waals surface area contributed by atoms with E-state index in [1.807, 2.05) is 24.3 Å². The third-order valence-electron chi connectivity index (χ3n) is 4.36. The van der Waals surface area contributed by atoms with Gasteiger partial charge in [0.15, 0.2) is 0 Å². The number of amidine groups is 1. The van der Waals surface area contributed by atoms with Crippen molar-refractivity contribution in [2.24, 2.45) is 4.99 Å². The Morgan fingerprint density at radius 1 is 1.22 bits per heavy atom. The van der Waals surface area contributed by atoms with E-state index in [1.54, 1.807) is 37.2 Å². The molecule has 0 saturated heterocycles. The Hall–Kier alpha value is -3.48. The van der Waals surface area contributed by atoms with Crippen LogP contribution in [0.1, 0.15) is 16.2 Å². The Kier molecular flexibility index (Phi) is 4.19. The van der Waals surface area contributed by atoms with Gasteiger partial charge in [-0.3, -0.25) is 9.79 Å². The smallest absolute Gasteiger partial charge is 0.256 e. The number of aliphatic imine (C=N–C) groups is 1. The summed E-state index contributed by atoms with van der Waals surface area (Å²) < 4.78 is 14.1. The Morgan fingerprint density at radius 3 is 2.78 bits per heavy atom. The second-order valence-corrected chi connectivity index (χ2v) is 6.49. The number of aromatic amines is 1. The summed E-state index contributed by atoms with van der Waals surface area (Å²) in [5.41, 5.74) is 3.38. The van der Waals surface area contributed by atoms with E-state index < -0.39 is 11.7 Å². The Balaban J connectivity index is 1.50. The van der Waals surface area contributed by atoms with Crippen molar-refractivity contribution in [3.63, 3.8) is 0 Å². The number of nitrogens with zero attached hydrogens (tertiary/aromatic N) is 3. The van der Waals surface area contributed by atoms with Gasteiger partial charge >= 0.3 is 0 Å². The summed E-state index contributed by atoms with van der Waals surface area (Å²) in [4.78, 5) is 26.2. The summed E-state index contributed by atoms with van der Waals surface area (Å²) in [6, 6.07) is 12.2. The van der Waals surface area contributed by atoms with Gasteiger partial charge in [-0.1, -0.05) is 12.1 Å². The van der Waals surface area contributed by atoms with Gasteiger partial charge in [-0.05, 0) is 36.4 Å². The van der Waals surface area contributed by atoms with Crippen LogP contribution in [0.3, 0.4) is 0 Å². The average Bonchev–Trinajstić information content (AvgIpc) is 3.27. The molecule has 3 aromatic rings. The van der Waals surface area contributed by atoms with Gasteiger partial charge in [0.25, 0.3) is 5.91 Å². The normalized spacial score (nSPS) is 13.4. The fourth-order valence-electron chi connectivity index (χ4n) is 2.95. The number of amides is 1. The van der Waals surface area contributed by atoms with Gasteiger partial charge in [-0.25, -0.2) is 9.37 Å². The summed E-state index contributed by atoms with van der Waals surface area (Å²) in [5, 5.41) is 2.72. The number of anilines is 1. The Morgan fingerprint density at radius 2 is 2.04 bits per heavy atom. The van der Waals surface area contributed by atoms with Crippen LogP contribution in [0.5, 0.6) is 0 Å². The molecule has 1 aromatic heterocycles. The van der Waals surface area contributed by atoms with Crippen LogP contribution in [0.25, 0.3) is 16.6 Å².